The van der Waals surface area contributed by atoms with Gasteiger partial charge in [0.2, 0.25) is 0 Å². The molecule has 13 heteroatoms. The number of aromatic hydroxyl groups is 1. The van der Waals surface area contributed by atoms with Crippen molar-refractivity contribution in [1.29, 1.82) is 0 Å². The second-order valence-electron chi connectivity index (χ2n) is 6.70. The minimum absolute atomic E-state index is 0.0796. The first-order valence-corrected chi connectivity index (χ1v) is 10.9. The van der Waals surface area contributed by atoms with E-state index in [-0.39, 0.29) is 28.4 Å². The van der Waals surface area contributed by atoms with Gasteiger partial charge in [-0.2, -0.15) is 5.10 Å². The lowest BCUT2D eigenvalue weighted by Crippen LogP contribution is -2.17. The van der Waals surface area contributed by atoms with Gasteiger partial charge in [-0.3, -0.25) is 20.3 Å². The number of benzene rings is 3. The molecule has 0 bridgehead atoms. The number of carboxylic acids is 1. The van der Waals surface area contributed by atoms with Crippen molar-refractivity contribution in [1.82, 2.24) is 0 Å². The second-order valence-corrected chi connectivity index (χ2v) is 8.35. The van der Waals surface area contributed by atoms with Gasteiger partial charge in [-0.25, -0.2) is 13.2 Å². The van der Waals surface area contributed by atoms with Crippen molar-refractivity contribution >= 4 is 39.3 Å². The summed E-state index contributed by atoms with van der Waals surface area (Å²) in [6.45, 7) is 0. The van der Waals surface area contributed by atoms with Crippen LogP contribution in [0.3, 0.4) is 0 Å². The Balaban J connectivity index is 1.97. The van der Waals surface area contributed by atoms with E-state index in [0.717, 1.165) is 18.2 Å². The maximum absolute atomic E-state index is 13.1. The third kappa shape index (κ3) is 5.39. The maximum atomic E-state index is 13.1. The van der Waals surface area contributed by atoms with Gasteiger partial charge in [0.15, 0.2) is 11.5 Å². The minimum Gasteiger partial charge on any atom is -0.504 e. The summed E-state index contributed by atoms with van der Waals surface area (Å²) in [4.78, 5) is 21.3. The summed E-state index contributed by atoms with van der Waals surface area (Å²) >= 11 is 0. The molecule has 0 unspecified atom stereocenters. The predicted octanol–water partition coefficient (Wildman–Crippen LogP) is 3.25. The summed E-state index contributed by atoms with van der Waals surface area (Å²) in [6.07, 6.45) is 1.31. The highest BCUT2D eigenvalue weighted by molar-refractivity contribution is 7.93. The Morgan fingerprint density at radius 1 is 1.12 bits per heavy atom. The fourth-order valence-electron chi connectivity index (χ4n) is 2.85. The van der Waals surface area contributed by atoms with E-state index >= 15 is 0 Å². The number of hydrogen-bond acceptors (Lipinski definition) is 9. The highest BCUT2D eigenvalue weighted by Gasteiger charge is 2.24. The smallest absolute Gasteiger partial charge is 0.337 e. The number of non-ortho nitro benzene ring substituents is 1. The first kappa shape index (κ1) is 24.0. The van der Waals surface area contributed by atoms with Crippen molar-refractivity contribution in [2.75, 3.05) is 17.3 Å². The van der Waals surface area contributed by atoms with E-state index in [1.807, 2.05) is 0 Å². The van der Waals surface area contributed by atoms with Crippen molar-refractivity contribution in [3.8, 4) is 11.5 Å². The molecule has 0 atom stereocenters. The number of carboxylic acid groups (broad SMARTS) is 1. The molecule has 0 aliphatic heterocycles. The fraction of sp³-hybridized carbons (Fsp3) is 0.0476. The Hall–Kier alpha value is -4.65. The molecule has 0 saturated carbocycles. The predicted molar refractivity (Wildman–Crippen MR) is 123 cm³/mol. The van der Waals surface area contributed by atoms with Crippen LogP contribution in [0.15, 0.2) is 70.7 Å². The number of hydrazone groups is 1. The number of rotatable bonds is 9. The summed E-state index contributed by atoms with van der Waals surface area (Å²) in [5.74, 6) is -1.24. The highest BCUT2D eigenvalue weighted by Crippen LogP contribution is 2.29. The topological polar surface area (TPSA) is 180 Å². The van der Waals surface area contributed by atoms with Crippen LogP contribution in [0.25, 0.3) is 0 Å². The first-order valence-electron chi connectivity index (χ1n) is 9.42. The Bertz CT molecular complexity index is 1390. The largest absolute Gasteiger partial charge is 0.504 e. The highest BCUT2D eigenvalue weighted by atomic mass is 32.2. The van der Waals surface area contributed by atoms with Gasteiger partial charge in [0.1, 0.15) is 4.90 Å². The monoisotopic (exact) mass is 486 g/mol. The van der Waals surface area contributed by atoms with Gasteiger partial charge in [0.05, 0.1) is 35.2 Å². The van der Waals surface area contributed by atoms with Crippen molar-refractivity contribution < 1.29 is 33.1 Å². The van der Waals surface area contributed by atoms with Gasteiger partial charge in [0, 0.05) is 12.1 Å². The molecule has 176 valence electrons. The summed E-state index contributed by atoms with van der Waals surface area (Å²) in [5.41, 5.74) is 1.90. The Kier molecular flexibility index (Phi) is 6.97. The maximum Gasteiger partial charge on any atom is 0.337 e. The summed E-state index contributed by atoms with van der Waals surface area (Å²) in [7, 11) is -3.10. The van der Waals surface area contributed by atoms with Gasteiger partial charge in [0.25, 0.3) is 15.7 Å². The van der Waals surface area contributed by atoms with Crippen LogP contribution in [0.5, 0.6) is 11.5 Å². The lowest BCUT2D eigenvalue weighted by molar-refractivity contribution is -0.385. The van der Waals surface area contributed by atoms with Crippen LogP contribution < -0.4 is 14.9 Å². The second kappa shape index (κ2) is 9.87. The molecule has 34 heavy (non-hydrogen) atoms. The Morgan fingerprint density at radius 3 is 2.53 bits per heavy atom. The number of ether oxygens (including phenoxy) is 1. The van der Waals surface area contributed by atoms with Crippen molar-refractivity contribution in [3.63, 3.8) is 0 Å². The normalized spacial score (nSPS) is 11.2. The summed E-state index contributed by atoms with van der Waals surface area (Å²) in [5, 5.41) is 34.1. The number of hydrogen-bond donors (Lipinski definition) is 4. The van der Waals surface area contributed by atoms with Crippen LogP contribution >= 0.6 is 0 Å². The van der Waals surface area contributed by atoms with Gasteiger partial charge >= 0.3 is 5.97 Å². The van der Waals surface area contributed by atoms with Crippen LogP contribution in [-0.4, -0.2) is 42.8 Å². The number of nitro benzene ring substituents is 1. The van der Waals surface area contributed by atoms with Crippen LogP contribution in [0, 0.1) is 10.1 Å². The van der Waals surface area contributed by atoms with Gasteiger partial charge < -0.3 is 14.9 Å². The molecule has 0 aromatic heterocycles. The quantitative estimate of drug-likeness (QED) is 0.200. The number of aromatic carboxylic acids is 1. The number of phenols is 1. The van der Waals surface area contributed by atoms with E-state index in [2.05, 4.69) is 15.2 Å². The number of nitrogens with one attached hydrogen (secondary N) is 2. The molecule has 0 saturated heterocycles. The van der Waals surface area contributed by atoms with E-state index in [4.69, 9.17) is 4.74 Å². The standard InChI is InChI=1S/C21H18N4O8S/c1-33-19-10-13(6-9-18(19)26)12-22-23-17-8-7-14(25(29)30)11-20(17)34(31,32)24-16-5-3-2-4-15(16)21(27)28/h2-12,23-24,26H,1H3,(H,27,28). The van der Waals surface area contributed by atoms with Crippen LogP contribution in [-0.2, 0) is 10.0 Å². The summed E-state index contributed by atoms with van der Waals surface area (Å²) < 4.78 is 33.3. The van der Waals surface area contributed by atoms with Gasteiger partial charge in [-0.1, -0.05) is 12.1 Å². The number of nitro groups is 1. The molecule has 4 N–H and O–H groups in total. The van der Waals surface area contributed by atoms with Crippen molar-refractivity contribution in [2.45, 2.75) is 4.90 Å². The van der Waals surface area contributed by atoms with Crippen molar-refractivity contribution in [3.05, 3.63) is 81.9 Å². The number of methoxy groups -OCH3 is 1. The molecule has 12 nitrogen and oxygen atoms in total. The molecule has 0 fully saturated rings. The molecule has 0 amide bonds. The molecule has 0 aliphatic rings. The van der Waals surface area contributed by atoms with E-state index in [9.17, 15) is 33.5 Å². The van der Waals surface area contributed by atoms with E-state index in [1.165, 1.54) is 55.8 Å². The molecule has 0 aliphatic carbocycles. The van der Waals surface area contributed by atoms with E-state index < -0.39 is 31.5 Å². The molecule has 0 radical (unpaired) electrons. The van der Waals surface area contributed by atoms with Crippen LogP contribution in [0.1, 0.15) is 15.9 Å². The van der Waals surface area contributed by atoms with Crippen LogP contribution in [0.4, 0.5) is 17.1 Å². The van der Waals surface area contributed by atoms with Gasteiger partial charge in [-0.05, 0) is 42.0 Å². The third-order valence-corrected chi connectivity index (χ3v) is 5.88. The average molecular weight is 486 g/mol. The Labute approximate surface area is 193 Å². The molecular weight excluding hydrogens is 468 g/mol. The molecule has 0 heterocycles. The molecule has 3 aromatic carbocycles. The number of carbonyl (C=O) groups is 1. The number of sulfonamides is 1. The minimum atomic E-state index is -4.47. The van der Waals surface area contributed by atoms with E-state index in [0.29, 0.717) is 5.56 Å². The first-order chi connectivity index (χ1) is 16.1. The third-order valence-electron chi connectivity index (χ3n) is 4.47. The lowest BCUT2D eigenvalue weighted by Gasteiger charge is -2.13. The number of anilines is 2. The molecule has 0 spiro atoms. The Morgan fingerprint density at radius 2 is 1.85 bits per heavy atom. The fourth-order valence-corrected chi connectivity index (χ4v) is 4.11. The average Bonchev–Trinajstić information content (AvgIpc) is 2.80. The molecule has 3 rings (SSSR count). The number of nitrogens with zero attached hydrogens (tertiary/aromatic N) is 2. The van der Waals surface area contributed by atoms with E-state index in [1.54, 1.807) is 0 Å². The number of phenolic OH excluding ortho intramolecular Hbond substituents is 1. The zero-order valence-corrected chi connectivity index (χ0v) is 18.3. The molecular formula is C21H18N4O8S. The molecule has 3 aromatic rings. The zero-order valence-electron chi connectivity index (χ0n) is 17.5. The SMILES string of the molecule is COc1cc(C=NNc2ccc([N+](=O)[O-])cc2S(=O)(=O)Nc2ccccc2C(=O)O)ccc1O. The van der Waals surface area contributed by atoms with Crippen molar-refractivity contribution in [2.24, 2.45) is 5.10 Å². The van der Waals surface area contributed by atoms with Crippen LogP contribution in [0.2, 0.25) is 0 Å². The van der Waals surface area contributed by atoms with Gasteiger partial charge in [-0.15, -0.1) is 0 Å². The zero-order chi connectivity index (χ0) is 24.9. The summed E-state index contributed by atoms with van der Waals surface area (Å²) in [6, 6.07) is 12.8. The lowest BCUT2D eigenvalue weighted by atomic mass is 10.2. The number of para-hydroxylation sites is 1.